The number of halogens is 2. The summed E-state index contributed by atoms with van der Waals surface area (Å²) in [5, 5.41) is 16.7. The topological polar surface area (TPSA) is 115 Å². The number of hydrogen-bond donors (Lipinski definition) is 3. The van der Waals surface area contributed by atoms with Crippen molar-refractivity contribution in [3.8, 4) is 17.1 Å². The van der Waals surface area contributed by atoms with Gasteiger partial charge in [-0.2, -0.15) is 10.2 Å². The van der Waals surface area contributed by atoms with Crippen LogP contribution in [-0.2, 0) is 0 Å². The summed E-state index contributed by atoms with van der Waals surface area (Å²) in [4.78, 5) is 16.6. The number of amides is 1. The molecule has 0 spiro atoms. The second-order valence-electron chi connectivity index (χ2n) is 7.40. The molecule has 0 saturated carbocycles. The molecule has 164 valence electrons. The van der Waals surface area contributed by atoms with E-state index >= 15 is 0 Å². The van der Waals surface area contributed by atoms with Crippen LogP contribution in [0.25, 0.3) is 28.0 Å². The minimum Gasteiger partial charge on any atom is -0.364 e. The van der Waals surface area contributed by atoms with Crippen LogP contribution in [0.4, 0.5) is 11.4 Å². The number of para-hydroxylation sites is 1. The van der Waals surface area contributed by atoms with Crippen molar-refractivity contribution in [1.82, 2.24) is 25.0 Å². The highest BCUT2D eigenvalue weighted by atomic mass is 35.5. The first-order valence-corrected chi connectivity index (χ1v) is 10.7. The maximum atomic E-state index is 12.0. The van der Waals surface area contributed by atoms with E-state index in [2.05, 4.69) is 25.6 Å². The fourth-order valence-electron chi connectivity index (χ4n) is 3.67. The Morgan fingerprint density at radius 2 is 1.85 bits per heavy atom. The number of pyridine rings is 1. The number of hydrogen-bond acceptors (Lipinski definition) is 5. The molecule has 0 aliphatic carbocycles. The molecule has 4 N–H and O–H groups in total. The van der Waals surface area contributed by atoms with Gasteiger partial charge in [0.05, 0.1) is 45.0 Å². The smallest absolute Gasteiger partial charge is 0.271 e. The van der Waals surface area contributed by atoms with E-state index in [9.17, 15) is 4.79 Å². The van der Waals surface area contributed by atoms with Gasteiger partial charge in [0, 0.05) is 5.39 Å². The fraction of sp³-hybridized carbons (Fsp3) is 0.0435. The Kier molecular flexibility index (Phi) is 5.24. The molecule has 0 saturated heterocycles. The summed E-state index contributed by atoms with van der Waals surface area (Å²) in [5.41, 5.74) is 10.6. The summed E-state index contributed by atoms with van der Waals surface area (Å²) < 4.78 is 1.42. The molecule has 10 heteroatoms. The van der Waals surface area contributed by atoms with E-state index in [1.807, 2.05) is 37.3 Å². The van der Waals surface area contributed by atoms with Gasteiger partial charge in [-0.1, -0.05) is 41.4 Å². The van der Waals surface area contributed by atoms with Crippen LogP contribution in [0.5, 0.6) is 0 Å². The molecule has 0 radical (unpaired) electrons. The molecule has 1 amide bonds. The summed E-state index contributed by atoms with van der Waals surface area (Å²) >= 11 is 12.6. The highest BCUT2D eigenvalue weighted by Gasteiger charge is 2.18. The van der Waals surface area contributed by atoms with Crippen molar-refractivity contribution in [3.63, 3.8) is 0 Å². The maximum absolute atomic E-state index is 12.0. The number of nitrogens with one attached hydrogen (secondary N) is 2. The van der Waals surface area contributed by atoms with Crippen LogP contribution in [-0.4, -0.2) is 30.9 Å². The van der Waals surface area contributed by atoms with Gasteiger partial charge in [0.15, 0.2) is 5.69 Å². The van der Waals surface area contributed by atoms with Gasteiger partial charge in [-0.15, -0.1) is 0 Å². The third kappa shape index (κ3) is 3.79. The lowest BCUT2D eigenvalue weighted by molar-refractivity contribution is 0.0996. The number of aromatic nitrogens is 5. The lowest BCUT2D eigenvalue weighted by Crippen LogP contribution is -2.14. The van der Waals surface area contributed by atoms with Gasteiger partial charge < -0.3 is 11.1 Å². The average molecular weight is 478 g/mol. The van der Waals surface area contributed by atoms with Gasteiger partial charge in [-0.25, -0.2) is 4.68 Å². The third-order valence-corrected chi connectivity index (χ3v) is 5.81. The standard InChI is InChI=1S/C23H17Cl2N7O/c1-12-4-2-7-16-19(12)20(30-29-16)17-9-8-13(10-27-17)28-18-11-32(31-21(18)23(26)33)22-14(24)5-3-6-15(22)25/h2-11,28H,1H3,(H2,26,33)(H,29,30). The molecular formula is C23H17Cl2N7O. The van der Waals surface area contributed by atoms with Gasteiger partial charge in [0.1, 0.15) is 11.4 Å². The third-order valence-electron chi connectivity index (χ3n) is 5.20. The Morgan fingerprint density at radius 3 is 2.55 bits per heavy atom. The number of aryl methyl sites for hydroxylation is 1. The van der Waals surface area contributed by atoms with Crippen molar-refractivity contribution in [2.24, 2.45) is 5.73 Å². The van der Waals surface area contributed by atoms with Crippen molar-refractivity contribution < 1.29 is 4.79 Å². The van der Waals surface area contributed by atoms with Crippen molar-refractivity contribution in [1.29, 1.82) is 0 Å². The average Bonchev–Trinajstić information content (AvgIpc) is 3.40. The van der Waals surface area contributed by atoms with Crippen LogP contribution in [0.1, 0.15) is 16.1 Å². The van der Waals surface area contributed by atoms with Gasteiger partial charge in [0.25, 0.3) is 5.91 Å². The predicted octanol–water partition coefficient (Wildman–Crippen LogP) is 5.27. The zero-order valence-electron chi connectivity index (χ0n) is 17.3. The summed E-state index contributed by atoms with van der Waals surface area (Å²) in [6.07, 6.45) is 3.25. The van der Waals surface area contributed by atoms with Gasteiger partial charge in [0.2, 0.25) is 0 Å². The Hall–Kier alpha value is -3.88. The van der Waals surface area contributed by atoms with E-state index < -0.39 is 5.91 Å². The SMILES string of the molecule is Cc1cccc2[nH]nc(-c3ccc(Nc4cn(-c5c(Cl)cccc5Cl)nc4C(N)=O)cn3)c12. The van der Waals surface area contributed by atoms with Gasteiger partial charge in [-0.05, 0) is 42.8 Å². The summed E-state index contributed by atoms with van der Waals surface area (Å²) in [6.45, 7) is 2.03. The minimum absolute atomic E-state index is 0.0454. The largest absolute Gasteiger partial charge is 0.364 e. The number of aromatic amines is 1. The van der Waals surface area contributed by atoms with Crippen LogP contribution in [0.15, 0.2) is 60.9 Å². The molecule has 0 fully saturated rings. The predicted molar refractivity (Wildman–Crippen MR) is 129 cm³/mol. The Morgan fingerprint density at radius 1 is 1.09 bits per heavy atom. The summed E-state index contributed by atoms with van der Waals surface area (Å²) in [5.74, 6) is -0.692. The number of anilines is 2. The summed E-state index contributed by atoms with van der Waals surface area (Å²) in [6, 6.07) is 14.8. The van der Waals surface area contributed by atoms with E-state index in [1.165, 1.54) is 4.68 Å². The number of benzene rings is 2. The van der Waals surface area contributed by atoms with Crippen LogP contribution >= 0.6 is 23.2 Å². The van der Waals surface area contributed by atoms with Crippen LogP contribution < -0.4 is 11.1 Å². The van der Waals surface area contributed by atoms with E-state index in [4.69, 9.17) is 28.9 Å². The van der Waals surface area contributed by atoms with Gasteiger partial charge >= 0.3 is 0 Å². The zero-order valence-corrected chi connectivity index (χ0v) is 18.8. The molecule has 2 aromatic carbocycles. The molecule has 8 nitrogen and oxygen atoms in total. The molecule has 5 rings (SSSR count). The lowest BCUT2D eigenvalue weighted by Gasteiger charge is -2.07. The Bertz CT molecular complexity index is 1490. The number of carbonyl (C=O) groups is 1. The number of fused-ring (bicyclic) bond motifs is 1. The van der Waals surface area contributed by atoms with Crippen molar-refractivity contribution in [2.75, 3.05) is 5.32 Å². The number of nitrogens with two attached hydrogens (primary N) is 1. The molecule has 3 aromatic heterocycles. The van der Waals surface area contributed by atoms with Crippen LogP contribution in [0.3, 0.4) is 0 Å². The highest BCUT2D eigenvalue weighted by molar-refractivity contribution is 6.37. The normalized spacial score (nSPS) is 11.1. The molecular weight excluding hydrogens is 461 g/mol. The Labute approximate surface area is 198 Å². The van der Waals surface area contributed by atoms with E-state index in [1.54, 1.807) is 30.6 Å². The highest BCUT2D eigenvalue weighted by Crippen LogP contribution is 2.31. The molecule has 0 aliphatic heterocycles. The first-order valence-electron chi connectivity index (χ1n) is 9.93. The van der Waals surface area contributed by atoms with Crippen molar-refractivity contribution in [3.05, 3.63) is 82.2 Å². The Balaban J connectivity index is 1.48. The number of H-pyrrole nitrogens is 1. The monoisotopic (exact) mass is 477 g/mol. The molecule has 5 aromatic rings. The number of carbonyl (C=O) groups excluding carboxylic acids is 1. The lowest BCUT2D eigenvalue weighted by atomic mass is 10.1. The molecule has 3 heterocycles. The molecule has 0 bridgehead atoms. The number of nitrogens with zero attached hydrogens (tertiary/aromatic N) is 4. The molecule has 0 unspecified atom stereocenters. The van der Waals surface area contributed by atoms with Crippen molar-refractivity contribution >= 4 is 51.4 Å². The quantitative estimate of drug-likeness (QED) is 0.319. The summed E-state index contributed by atoms with van der Waals surface area (Å²) in [7, 11) is 0. The molecule has 33 heavy (non-hydrogen) atoms. The van der Waals surface area contributed by atoms with E-state index in [0.29, 0.717) is 27.1 Å². The first kappa shape index (κ1) is 21.0. The zero-order chi connectivity index (χ0) is 23.1. The minimum atomic E-state index is -0.692. The fourth-order valence-corrected chi connectivity index (χ4v) is 4.24. The number of primary amides is 1. The van der Waals surface area contributed by atoms with Crippen LogP contribution in [0.2, 0.25) is 10.0 Å². The van der Waals surface area contributed by atoms with Crippen LogP contribution in [0, 0.1) is 6.92 Å². The second-order valence-corrected chi connectivity index (χ2v) is 8.21. The van der Waals surface area contributed by atoms with E-state index in [0.717, 1.165) is 27.9 Å². The van der Waals surface area contributed by atoms with Gasteiger partial charge in [-0.3, -0.25) is 14.9 Å². The maximum Gasteiger partial charge on any atom is 0.271 e. The molecule has 0 atom stereocenters. The number of rotatable bonds is 5. The van der Waals surface area contributed by atoms with E-state index in [-0.39, 0.29) is 5.69 Å². The van der Waals surface area contributed by atoms with Crippen molar-refractivity contribution in [2.45, 2.75) is 6.92 Å². The second kappa shape index (κ2) is 8.23. The first-order chi connectivity index (χ1) is 15.9. The molecule has 0 aliphatic rings.